The number of aromatic nitrogens is 2. The number of amides is 2. The molecule has 2 aromatic heterocycles. The van der Waals surface area contributed by atoms with E-state index in [4.69, 9.17) is 4.74 Å². The Morgan fingerprint density at radius 3 is 3.00 bits per heavy atom. The predicted octanol–water partition coefficient (Wildman–Crippen LogP) is 1.64. The van der Waals surface area contributed by atoms with Crippen LogP contribution >= 0.6 is 11.3 Å². The molecule has 0 spiro atoms. The SMILES string of the molecule is Cc1nc(C(=O)N2C[C@H]3OCC[C@H]3[C@H](C(=O)NCc3ccccn3)C2)cs1. The van der Waals surface area contributed by atoms with Crippen LogP contribution in [0.3, 0.4) is 0 Å². The average molecular weight is 386 g/mol. The molecule has 2 fully saturated rings. The summed E-state index contributed by atoms with van der Waals surface area (Å²) in [5, 5.41) is 5.61. The number of carbonyl (C=O) groups is 2. The van der Waals surface area contributed by atoms with E-state index in [-0.39, 0.29) is 29.8 Å². The third-order valence-electron chi connectivity index (χ3n) is 5.23. The average Bonchev–Trinajstić information content (AvgIpc) is 3.34. The highest BCUT2D eigenvalue weighted by molar-refractivity contribution is 7.09. The van der Waals surface area contributed by atoms with Crippen LogP contribution in [-0.4, -0.2) is 52.5 Å². The Kier molecular flexibility index (Phi) is 5.18. The van der Waals surface area contributed by atoms with Gasteiger partial charge in [0, 0.05) is 37.2 Å². The first-order chi connectivity index (χ1) is 13.1. The van der Waals surface area contributed by atoms with Crippen LogP contribution in [0.25, 0.3) is 0 Å². The molecule has 2 aliphatic heterocycles. The summed E-state index contributed by atoms with van der Waals surface area (Å²) >= 11 is 1.45. The summed E-state index contributed by atoms with van der Waals surface area (Å²) in [4.78, 5) is 35.9. The zero-order valence-electron chi connectivity index (χ0n) is 15.1. The molecule has 4 rings (SSSR count). The van der Waals surface area contributed by atoms with Crippen molar-refractivity contribution >= 4 is 23.2 Å². The summed E-state index contributed by atoms with van der Waals surface area (Å²) in [5.41, 5.74) is 1.26. The molecule has 0 bridgehead atoms. The summed E-state index contributed by atoms with van der Waals surface area (Å²) in [7, 11) is 0. The maximum absolute atomic E-state index is 12.9. The molecule has 142 valence electrons. The second kappa shape index (κ2) is 7.74. The number of hydrogen-bond donors (Lipinski definition) is 1. The number of nitrogens with zero attached hydrogens (tertiary/aromatic N) is 3. The van der Waals surface area contributed by atoms with Gasteiger partial charge in [-0.15, -0.1) is 11.3 Å². The number of likely N-dealkylation sites (tertiary alicyclic amines) is 1. The molecule has 2 saturated heterocycles. The van der Waals surface area contributed by atoms with E-state index in [1.807, 2.05) is 25.1 Å². The van der Waals surface area contributed by atoms with Crippen LogP contribution in [0.15, 0.2) is 29.8 Å². The van der Waals surface area contributed by atoms with E-state index in [0.29, 0.717) is 31.9 Å². The first-order valence-corrected chi connectivity index (χ1v) is 10.0. The van der Waals surface area contributed by atoms with Crippen LogP contribution in [0.4, 0.5) is 0 Å². The van der Waals surface area contributed by atoms with Crippen molar-refractivity contribution in [3.63, 3.8) is 0 Å². The Hall–Kier alpha value is -2.32. The standard InChI is InChI=1S/C19H22N4O3S/c1-12-22-16(11-27-12)19(25)23-9-15(14-5-7-26-17(14)10-23)18(24)21-8-13-4-2-3-6-20-13/h2-4,6,11,14-15,17H,5,7-10H2,1H3,(H,21,24)/t14-,15+,17+/m0/s1. The van der Waals surface area contributed by atoms with E-state index in [9.17, 15) is 9.59 Å². The zero-order valence-corrected chi connectivity index (χ0v) is 15.9. The van der Waals surface area contributed by atoms with Gasteiger partial charge in [0.2, 0.25) is 5.91 Å². The van der Waals surface area contributed by atoms with Gasteiger partial charge in [0.05, 0.1) is 29.3 Å². The monoisotopic (exact) mass is 386 g/mol. The summed E-state index contributed by atoms with van der Waals surface area (Å²) < 4.78 is 5.82. The minimum absolute atomic E-state index is 0.0480. The Morgan fingerprint density at radius 1 is 1.37 bits per heavy atom. The van der Waals surface area contributed by atoms with Crippen molar-refractivity contribution in [3.05, 3.63) is 46.2 Å². The number of rotatable bonds is 4. The highest BCUT2D eigenvalue weighted by atomic mass is 32.1. The number of aryl methyl sites for hydroxylation is 1. The predicted molar refractivity (Wildman–Crippen MR) is 100 cm³/mol. The maximum Gasteiger partial charge on any atom is 0.273 e. The van der Waals surface area contributed by atoms with Gasteiger partial charge in [-0.1, -0.05) is 6.07 Å². The van der Waals surface area contributed by atoms with Gasteiger partial charge in [-0.25, -0.2) is 4.98 Å². The molecule has 1 N–H and O–H groups in total. The van der Waals surface area contributed by atoms with Crippen molar-refractivity contribution in [1.82, 2.24) is 20.2 Å². The third-order valence-corrected chi connectivity index (χ3v) is 6.00. The lowest BCUT2D eigenvalue weighted by Crippen LogP contribution is -2.54. The van der Waals surface area contributed by atoms with Gasteiger partial charge in [-0.05, 0) is 25.5 Å². The molecular weight excluding hydrogens is 364 g/mol. The lowest BCUT2D eigenvalue weighted by Gasteiger charge is -2.39. The molecule has 8 heteroatoms. The van der Waals surface area contributed by atoms with Gasteiger partial charge in [0.25, 0.3) is 5.91 Å². The van der Waals surface area contributed by atoms with E-state index in [2.05, 4.69) is 15.3 Å². The topological polar surface area (TPSA) is 84.4 Å². The molecule has 0 radical (unpaired) electrons. The van der Waals surface area contributed by atoms with Crippen molar-refractivity contribution in [3.8, 4) is 0 Å². The van der Waals surface area contributed by atoms with Crippen LogP contribution in [0.2, 0.25) is 0 Å². The lowest BCUT2D eigenvalue weighted by atomic mass is 9.82. The van der Waals surface area contributed by atoms with Crippen molar-refractivity contribution in [1.29, 1.82) is 0 Å². The smallest absolute Gasteiger partial charge is 0.273 e. The van der Waals surface area contributed by atoms with E-state index in [1.165, 1.54) is 11.3 Å². The number of nitrogens with one attached hydrogen (secondary N) is 1. The number of ether oxygens (including phenoxy) is 1. The van der Waals surface area contributed by atoms with Crippen molar-refractivity contribution < 1.29 is 14.3 Å². The van der Waals surface area contributed by atoms with Crippen LogP contribution in [0, 0.1) is 18.8 Å². The molecule has 3 atom stereocenters. The van der Waals surface area contributed by atoms with Gasteiger partial charge < -0.3 is 15.0 Å². The fourth-order valence-electron chi connectivity index (χ4n) is 3.86. The van der Waals surface area contributed by atoms with Crippen molar-refractivity contribution in [2.75, 3.05) is 19.7 Å². The molecule has 0 unspecified atom stereocenters. The number of carbonyl (C=O) groups excluding carboxylic acids is 2. The Bertz CT molecular complexity index is 825. The van der Waals surface area contributed by atoms with Crippen molar-refractivity contribution in [2.24, 2.45) is 11.8 Å². The molecule has 2 aliphatic rings. The Labute approximate surface area is 161 Å². The Balaban J connectivity index is 1.46. The molecule has 4 heterocycles. The molecule has 2 amide bonds. The van der Waals surface area contributed by atoms with Gasteiger partial charge in [0.15, 0.2) is 0 Å². The highest BCUT2D eigenvalue weighted by Gasteiger charge is 2.45. The van der Waals surface area contributed by atoms with Gasteiger partial charge in [-0.3, -0.25) is 14.6 Å². The Morgan fingerprint density at radius 2 is 2.26 bits per heavy atom. The molecule has 0 aromatic carbocycles. The largest absolute Gasteiger partial charge is 0.376 e. The number of thiazole rings is 1. The molecule has 0 aliphatic carbocycles. The molecule has 2 aromatic rings. The number of pyridine rings is 1. The quantitative estimate of drug-likeness (QED) is 0.864. The minimum Gasteiger partial charge on any atom is -0.376 e. The minimum atomic E-state index is -0.279. The van der Waals surface area contributed by atoms with E-state index in [1.54, 1.807) is 16.5 Å². The fraction of sp³-hybridized carbons (Fsp3) is 0.474. The van der Waals surface area contributed by atoms with Gasteiger partial charge >= 0.3 is 0 Å². The molecule has 7 nitrogen and oxygen atoms in total. The highest BCUT2D eigenvalue weighted by Crippen LogP contribution is 2.34. The lowest BCUT2D eigenvalue weighted by molar-refractivity contribution is -0.130. The first kappa shape index (κ1) is 18.1. The van der Waals surface area contributed by atoms with Gasteiger partial charge in [0.1, 0.15) is 5.69 Å². The van der Waals surface area contributed by atoms with E-state index >= 15 is 0 Å². The summed E-state index contributed by atoms with van der Waals surface area (Å²) in [6.07, 6.45) is 2.47. The summed E-state index contributed by atoms with van der Waals surface area (Å²) in [6, 6.07) is 5.62. The zero-order chi connectivity index (χ0) is 18.8. The van der Waals surface area contributed by atoms with Crippen LogP contribution in [-0.2, 0) is 16.1 Å². The summed E-state index contributed by atoms with van der Waals surface area (Å²) in [6.45, 7) is 3.81. The van der Waals surface area contributed by atoms with Crippen LogP contribution < -0.4 is 5.32 Å². The normalized spacial score (nSPS) is 24.5. The second-order valence-electron chi connectivity index (χ2n) is 6.97. The van der Waals surface area contributed by atoms with E-state index < -0.39 is 0 Å². The van der Waals surface area contributed by atoms with E-state index in [0.717, 1.165) is 17.1 Å². The number of hydrogen-bond acceptors (Lipinski definition) is 6. The number of fused-ring (bicyclic) bond motifs is 1. The second-order valence-corrected chi connectivity index (χ2v) is 8.03. The molecule has 27 heavy (non-hydrogen) atoms. The van der Waals surface area contributed by atoms with Crippen molar-refractivity contribution in [2.45, 2.75) is 26.0 Å². The van der Waals surface area contributed by atoms with Gasteiger partial charge in [-0.2, -0.15) is 0 Å². The third kappa shape index (κ3) is 3.86. The van der Waals surface area contributed by atoms with Crippen LogP contribution in [0.5, 0.6) is 0 Å². The summed E-state index contributed by atoms with van der Waals surface area (Å²) in [5.74, 6) is -0.308. The first-order valence-electron chi connectivity index (χ1n) is 9.12. The molecular formula is C19H22N4O3S. The molecule has 0 saturated carbocycles. The van der Waals surface area contributed by atoms with Crippen LogP contribution in [0.1, 0.15) is 27.6 Å². The maximum atomic E-state index is 12.9. The number of piperidine rings is 1. The fourth-order valence-corrected chi connectivity index (χ4v) is 4.44.